The summed E-state index contributed by atoms with van der Waals surface area (Å²) in [6, 6.07) is 13.5. The fourth-order valence-electron chi connectivity index (χ4n) is 3.23. The van der Waals surface area contributed by atoms with Gasteiger partial charge in [-0.1, -0.05) is 30.2 Å². The van der Waals surface area contributed by atoms with E-state index in [1.54, 1.807) is 30.1 Å². The molecule has 0 atom stereocenters. The van der Waals surface area contributed by atoms with Crippen LogP contribution in [0.4, 0.5) is 0 Å². The molecule has 2 aromatic rings. The van der Waals surface area contributed by atoms with Crippen LogP contribution >= 0.6 is 11.6 Å². The molecule has 0 bridgehead atoms. The van der Waals surface area contributed by atoms with Gasteiger partial charge in [0.2, 0.25) is 10.0 Å². The van der Waals surface area contributed by atoms with Crippen molar-refractivity contribution in [1.29, 1.82) is 0 Å². The molecule has 0 radical (unpaired) electrons. The maximum absolute atomic E-state index is 12.7. The van der Waals surface area contributed by atoms with Crippen molar-refractivity contribution < 1.29 is 13.2 Å². The molecule has 0 aliphatic carbocycles. The number of hydrogen-bond donors (Lipinski definition) is 0. The number of amides is 1. The predicted molar refractivity (Wildman–Crippen MR) is 106 cm³/mol. The molecule has 0 aromatic heterocycles. The first kappa shape index (κ1) is 19.9. The molecule has 7 heteroatoms. The molecule has 1 amide bonds. The van der Waals surface area contributed by atoms with Crippen molar-refractivity contribution in [3.05, 3.63) is 64.7 Å². The number of nitrogens with zero attached hydrogens (tertiary/aromatic N) is 2. The van der Waals surface area contributed by atoms with Crippen LogP contribution in [-0.2, 0) is 16.6 Å². The zero-order valence-corrected chi connectivity index (χ0v) is 16.8. The molecular formula is C20H23ClN2O3S. The second-order valence-electron chi connectivity index (χ2n) is 6.78. The third-order valence-corrected chi connectivity index (χ3v) is 6.86. The predicted octanol–water partition coefficient (Wildman–Crippen LogP) is 3.79. The summed E-state index contributed by atoms with van der Waals surface area (Å²) in [5.41, 5.74) is 1.39. The van der Waals surface area contributed by atoms with E-state index in [1.165, 1.54) is 16.4 Å². The Labute approximate surface area is 165 Å². The number of benzene rings is 2. The first-order valence-corrected chi connectivity index (χ1v) is 10.8. The molecule has 27 heavy (non-hydrogen) atoms. The molecule has 1 fully saturated rings. The topological polar surface area (TPSA) is 57.7 Å². The Kier molecular flexibility index (Phi) is 6.19. The summed E-state index contributed by atoms with van der Waals surface area (Å²) in [6.45, 7) is 1.55. The Morgan fingerprint density at radius 1 is 1.07 bits per heavy atom. The van der Waals surface area contributed by atoms with Gasteiger partial charge in [-0.25, -0.2) is 8.42 Å². The highest BCUT2D eigenvalue weighted by atomic mass is 35.5. The molecule has 5 nitrogen and oxygen atoms in total. The van der Waals surface area contributed by atoms with E-state index in [9.17, 15) is 13.2 Å². The summed E-state index contributed by atoms with van der Waals surface area (Å²) in [6.07, 6.45) is 2.85. The normalized spacial score (nSPS) is 15.5. The van der Waals surface area contributed by atoms with Crippen LogP contribution in [0.1, 0.15) is 35.2 Å². The monoisotopic (exact) mass is 406 g/mol. The highest BCUT2D eigenvalue weighted by Crippen LogP contribution is 2.21. The summed E-state index contributed by atoms with van der Waals surface area (Å²) in [5.74, 6) is -0.170. The molecule has 0 N–H and O–H groups in total. The first-order chi connectivity index (χ1) is 12.9. The van der Waals surface area contributed by atoms with E-state index in [0.717, 1.165) is 24.8 Å². The van der Waals surface area contributed by atoms with Gasteiger partial charge in [-0.3, -0.25) is 4.79 Å². The number of hydrogen-bond acceptors (Lipinski definition) is 3. The quantitative estimate of drug-likeness (QED) is 0.759. The molecule has 0 saturated carbocycles. The summed E-state index contributed by atoms with van der Waals surface area (Å²) < 4.78 is 26.9. The number of carbonyl (C=O) groups excluding carboxylic acids is 1. The van der Waals surface area contributed by atoms with Crippen molar-refractivity contribution in [2.75, 3.05) is 20.1 Å². The summed E-state index contributed by atoms with van der Waals surface area (Å²) in [7, 11) is -1.77. The van der Waals surface area contributed by atoms with Crippen molar-refractivity contribution in [2.45, 2.75) is 30.7 Å². The zero-order valence-electron chi connectivity index (χ0n) is 15.3. The highest BCUT2D eigenvalue weighted by Gasteiger charge is 2.26. The standard InChI is InChI=1S/C20H23ClN2O3S/c1-22(15-16-6-5-7-18(21)14-16)20(24)17-8-10-19(11-9-17)27(25,26)23-12-3-2-4-13-23/h5-11,14H,2-4,12-13,15H2,1H3. The molecule has 0 unspecified atom stereocenters. The zero-order chi connectivity index (χ0) is 19.4. The Bertz CT molecular complexity index is 907. The van der Waals surface area contributed by atoms with E-state index in [1.807, 2.05) is 18.2 Å². The van der Waals surface area contributed by atoms with Crippen LogP contribution in [0.3, 0.4) is 0 Å². The van der Waals surface area contributed by atoms with Crippen LogP contribution in [-0.4, -0.2) is 43.7 Å². The minimum Gasteiger partial charge on any atom is -0.337 e. The largest absolute Gasteiger partial charge is 0.337 e. The maximum Gasteiger partial charge on any atom is 0.253 e. The number of rotatable bonds is 5. The van der Waals surface area contributed by atoms with Gasteiger partial charge < -0.3 is 4.90 Å². The Hall–Kier alpha value is -1.89. The van der Waals surface area contributed by atoms with Crippen LogP contribution in [0.2, 0.25) is 5.02 Å². The van der Waals surface area contributed by atoms with Gasteiger partial charge in [0, 0.05) is 37.3 Å². The summed E-state index contributed by atoms with van der Waals surface area (Å²) >= 11 is 5.98. The minimum absolute atomic E-state index is 0.170. The van der Waals surface area contributed by atoms with Crippen molar-refractivity contribution in [3.8, 4) is 0 Å². The first-order valence-electron chi connectivity index (χ1n) is 8.98. The molecule has 3 rings (SSSR count). The number of carbonyl (C=O) groups is 1. The second kappa shape index (κ2) is 8.42. The van der Waals surface area contributed by atoms with E-state index < -0.39 is 10.0 Å². The van der Waals surface area contributed by atoms with Crippen molar-refractivity contribution in [1.82, 2.24) is 9.21 Å². The van der Waals surface area contributed by atoms with Crippen molar-refractivity contribution >= 4 is 27.5 Å². The van der Waals surface area contributed by atoms with Gasteiger partial charge in [0.15, 0.2) is 0 Å². The fourth-order valence-corrected chi connectivity index (χ4v) is 4.96. The molecule has 2 aromatic carbocycles. The van der Waals surface area contributed by atoms with E-state index in [0.29, 0.717) is 30.2 Å². The van der Waals surface area contributed by atoms with Gasteiger partial charge in [-0.05, 0) is 54.8 Å². The van der Waals surface area contributed by atoms with Crippen LogP contribution in [0, 0.1) is 0 Å². The minimum atomic E-state index is -3.48. The Balaban J connectivity index is 1.71. The van der Waals surface area contributed by atoms with E-state index in [2.05, 4.69) is 0 Å². The highest BCUT2D eigenvalue weighted by molar-refractivity contribution is 7.89. The lowest BCUT2D eigenvalue weighted by Crippen LogP contribution is -2.35. The molecular weight excluding hydrogens is 384 g/mol. The molecule has 1 aliphatic heterocycles. The van der Waals surface area contributed by atoms with E-state index >= 15 is 0 Å². The third kappa shape index (κ3) is 4.69. The lowest BCUT2D eigenvalue weighted by atomic mass is 10.1. The molecule has 1 saturated heterocycles. The Morgan fingerprint density at radius 2 is 1.74 bits per heavy atom. The molecule has 1 heterocycles. The number of halogens is 1. The summed E-state index contributed by atoms with van der Waals surface area (Å²) in [4.78, 5) is 14.4. The van der Waals surface area contributed by atoms with Gasteiger partial charge in [-0.2, -0.15) is 4.31 Å². The van der Waals surface area contributed by atoms with Gasteiger partial charge in [0.05, 0.1) is 4.90 Å². The average Bonchev–Trinajstić information content (AvgIpc) is 2.68. The summed E-state index contributed by atoms with van der Waals surface area (Å²) in [5, 5.41) is 0.626. The smallest absolute Gasteiger partial charge is 0.253 e. The SMILES string of the molecule is CN(Cc1cccc(Cl)c1)C(=O)c1ccc(S(=O)(=O)N2CCCCC2)cc1. The van der Waals surface area contributed by atoms with Gasteiger partial charge in [0.1, 0.15) is 0 Å². The second-order valence-corrected chi connectivity index (χ2v) is 9.15. The van der Waals surface area contributed by atoms with Gasteiger partial charge in [0.25, 0.3) is 5.91 Å². The maximum atomic E-state index is 12.7. The van der Waals surface area contributed by atoms with Gasteiger partial charge in [-0.15, -0.1) is 0 Å². The van der Waals surface area contributed by atoms with Crippen LogP contribution in [0.15, 0.2) is 53.4 Å². The lowest BCUT2D eigenvalue weighted by Gasteiger charge is -2.26. The van der Waals surface area contributed by atoms with E-state index in [-0.39, 0.29) is 10.8 Å². The van der Waals surface area contributed by atoms with E-state index in [4.69, 9.17) is 11.6 Å². The van der Waals surface area contributed by atoms with Crippen molar-refractivity contribution in [3.63, 3.8) is 0 Å². The molecule has 1 aliphatic rings. The van der Waals surface area contributed by atoms with Crippen LogP contribution in [0.25, 0.3) is 0 Å². The van der Waals surface area contributed by atoms with Gasteiger partial charge >= 0.3 is 0 Å². The van der Waals surface area contributed by atoms with Crippen LogP contribution < -0.4 is 0 Å². The third-order valence-electron chi connectivity index (χ3n) is 4.71. The fraction of sp³-hybridized carbons (Fsp3) is 0.350. The average molecular weight is 407 g/mol. The molecule has 144 valence electrons. The number of piperidine rings is 1. The van der Waals surface area contributed by atoms with Crippen molar-refractivity contribution in [2.24, 2.45) is 0 Å². The lowest BCUT2D eigenvalue weighted by molar-refractivity contribution is 0.0785. The Morgan fingerprint density at radius 3 is 2.37 bits per heavy atom. The number of sulfonamides is 1. The van der Waals surface area contributed by atoms with Crippen LogP contribution in [0.5, 0.6) is 0 Å². The molecule has 0 spiro atoms.